The topological polar surface area (TPSA) is 60.7 Å². The predicted molar refractivity (Wildman–Crippen MR) is 86.0 cm³/mol. The zero-order valence-corrected chi connectivity index (χ0v) is 13.8. The van der Waals surface area contributed by atoms with Crippen LogP contribution in [0.1, 0.15) is 59.3 Å². The second-order valence-corrected chi connectivity index (χ2v) is 10.6. The molecule has 0 rings (SSSR count). The number of hydrogen-bond donors (Lipinski definition) is 3. The van der Waals surface area contributed by atoms with Gasteiger partial charge in [0.05, 0.1) is 0 Å². The molecule has 0 amide bonds. The molecule has 0 saturated carbocycles. The third kappa shape index (κ3) is 16.4. The third-order valence-electron chi connectivity index (χ3n) is 3.40. The minimum atomic E-state index is -2.17. The van der Waals surface area contributed by atoms with E-state index in [1.807, 2.05) is 0 Å². The van der Waals surface area contributed by atoms with Crippen LogP contribution in [0.3, 0.4) is 0 Å². The second kappa shape index (κ2) is 13.8. The van der Waals surface area contributed by atoms with Crippen molar-refractivity contribution in [3.05, 3.63) is 0 Å². The molecule has 0 fully saturated rings. The first kappa shape index (κ1) is 20.7. The van der Waals surface area contributed by atoms with Gasteiger partial charge in [-0.2, -0.15) is 0 Å². The number of rotatable bonds is 9. The standard InChI is InChI=1S/C13H31P.BH3O3/c1-5-8-11-14(4,12-9-6-2)13-10-7-3;2-1(3)4/h14H,5-13H2,1-4H3;2-4H. The van der Waals surface area contributed by atoms with E-state index in [1.165, 1.54) is 38.5 Å². The third-order valence-corrected chi connectivity index (χ3v) is 8.08. The van der Waals surface area contributed by atoms with Crippen molar-refractivity contribution in [3.63, 3.8) is 0 Å². The van der Waals surface area contributed by atoms with Crippen LogP contribution in [0.4, 0.5) is 0 Å². The van der Waals surface area contributed by atoms with Crippen molar-refractivity contribution in [1.82, 2.24) is 0 Å². The largest absolute Gasteiger partial charge is 0.631 e. The van der Waals surface area contributed by atoms with Crippen LogP contribution < -0.4 is 0 Å². The molecule has 0 spiro atoms. The summed E-state index contributed by atoms with van der Waals surface area (Å²) in [5.74, 6) is 0. The van der Waals surface area contributed by atoms with Crippen molar-refractivity contribution in [2.75, 3.05) is 25.2 Å². The Morgan fingerprint density at radius 2 is 0.944 bits per heavy atom. The van der Waals surface area contributed by atoms with E-state index in [0.29, 0.717) is 0 Å². The maximum absolute atomic E-state index is 7.17. The normalized spacial score (nSPS) is 11.7. The van der Waals surface area contributed by atoms with E-state index >= 15 is 0 Å². The average molecular weight is 280 g/mol. The molecule has 3 nitrogen and oxygen atoms in total. The molecule has 0 aliphatic carbocycles. The molecular weight excluding hydrogens is 246 g/mol. The summed E-state index contributed by atoms with van der Waals surface area (Å²) < 4.78 is 0. The predicted octanol–water partition coefficient (Wildman–Crippen LogP) is 2.71. The van der Waals surface area contributed by atoms with Gasteiger partial charge in [-0.1, -0.05) is 0 Å². The van der Waals surface area contributed by atoms with Crippen molar-refractivity contribution < 1.29 is 15.1 Å². The van der Waals surface area contributed by atoms with Gasteiger partial charge >= 0.3 is 99.0 Å². The molecule has 0 aromatic rings. The molecular formula is C13H34BO3P. The van der Waals surface area contributed by atoms with E-state index < -0.39 is 14.6 Å². The van der Waals surface area contributed by atoms with Crippen molar-refractivity contribution in [1.29, 1.82) is 0 Å². The molecule has 0 bridgehead atoms. The van der Waals surface area contributed by atoms with Gasteiger partial charge in [-0.25, -0.2) is 0 Å². The van der Waals surface area contributed by atoms with Crippen LogP contribution in [0.25, 0.3) is 0 Å². The summed E-state index contributed by atoms with van der Waals surface area (Å²) in [4.78, 5) is 0. The van der Waals surface area contributed by atoms with Gasteiger partial charge in [0.25, 0.3) is 0 Å². The van der Waals surface area contributed by atoms with E-state index in [1.54, 1.807) is 18.5 Å². The van der Waals surface area contributed by atoms with Crippen LogP contribution in [-0.2, 0) is 0 Å². The van der Waals surface area contributed by atoms with Crippen molar-refractivity contribution in [2.45, 2.75) is 59.3 Å². The van der Waals surface area contributed by atoms with Gasteiger partial charge in [-0.05, 0) is 0 Å². The van der Waals surface area contributed by atoms with E-state index in [-0.39, 0.29) is 0 Å². The molecule has 0 radical (unpaired) electrons. The Morgan fingerprint density at radius 1 is 0.722 bits per heavy atom. The average Bonchev–Trinajstić information content (AvgIpc) is 2.31. The fourth-order valence-electron chi connectivity index (χ4n) is 2.19. The maximum Gasteiger partial charge on any atom is 0.631 e. The monoisotopic (exact) mass is 280 g/mol. The van der Waals surface area contributed by atoms with Gasteiger partial charge < -0.3 is 15.1 Å². The summed E-state index contributed by atoms with van der Waals surface area (Å²) in [6.07, 6.45) is 13.4. The smallest absolute Gasteiger partial charge is 0.402 e. The van der Waals surface area contributed by atoms with Crippen molar-refractivity contribution in [2.24, 2.45) is 0 Å². The molecule has 0 aromatic heterocycles. The van der Waals surface area contributed by atoms with Gasteiger partial charge in [-0.15, -0.1) is 0 Å². The Balaban J connectivity index is 0. The van der Waals surface area contributed by atoms with E-state index in [2.05, 4.69) is 27.4 Å². The summed E-state index contributed by atoms with van der Waals surface area (Å²) in [6, 6.07) is 0. The Labute approximate surface area is 115 Å². The molecule has 18 heavy (non-hydrogen) atoms. The minimum absolute atomic E-state index is 0.812. The first-order valence-electron chi connectivity index (χ1n) is 7.46. The Kier molecular flexibility index (Phi) is 15.9. The van der Waals surface area contributed by atoms with Crippen LogP contribution in [0.2, 0.25) is 0 Å². The molecule has 0 atom stereocenters. The van der Waals surface area contributed by atoms with Crippen LogP contribution in [0, 0.1) is 0 Å². The first-order valence-corrected chi connectivity index (χ1v) is 10.6. The fraction of sp³-hybridized carbons (Fsp3) is 1.00. The van der Waals surface area contributed by atoms with Crippen LogP contribution in [-0.4, -0.2) is 47.5 Å². The molecule has 0 saturated heterocycles. The molecule has 0 unspecified atom stereocenters. The summed E-state index contributed by atoms with van der Waals surface area (Å²) in [6.45, 7) is 9.63. The molecule has 5 heteroatoms. The molecule has 0 aliphatic heterocycles. The van der Waals surface area contributed by atoms with Crippen LogP contribution in [0.5, 0.6) is 0 Å². The maximum atomic E-state index is 7.17. The minimum Gasteiger partial charge on any atom is -0.402 e. The summed E-state index contributed by atoms with van der Waals surface area (Å²) in [5.41, 5.74) is 0. The van der Waals surface area contributed by atoms with Gasteiger partial charge in [0.2, 0.25) is 0 Å². The Morgan fingerprint density at radius 3 is 1.11 bits per heavy atom. The van der Waals surface area contributed by atoms with Crippen LogP contribution >= 0.6 is 7.26 Å². The quantitative estimate of drug-likeness (QED) is 0.449. The zero-order chi connectivity index (χ0) is 14.4. The second-order valence-electron chi connectivity index (χ2n) is 5.47. The van der Waals surface area contributed by atoms with Crippen molar-refractivity contribution >= 4 is 14.6 Å². The van der Waals surface area contributed by atoms with Gasteiger partial charge in [-0.3, -0.25) is 0 Å². The number of unbranched alkanes of at least 4 members (excludes halogenated alkanes) is 3. The van der Waals surface area contributed by atoms with E-state index in [9.17, 15) is 0 Å². The summed E-state index contributed by atoms with van der Waals surface area (Å²) >= 11 is 0. The van der Waals surface area contributed by atoms with Crippen LogP contribution in [0.15, 0.2) is 0 Å². The van der Waals surface area contributed by atoms with Gasteiger partial charge in [0, 0.05) is 0 Å². The fourth-order valence-corrected chi connectivity index (χ4v) is 6.56. The molecule has 3 N–H and O–H groups in total. The summed E-state index contributed by atoms with van der Waals surface area (Å²) in [5, 5.41) is 21.5. The molecule has 0 aliphatic rings. The van der Waals surface area contributed by atoms with Crippen molar-refractivity contribution in [3.8, 4) is 0 Å². The Bertz CT molecular complexity index is 144. The van der Waals surface area contributed by atoms with Gasteiger partial charge in [0.1, 0.15) is 0 Å². The molecule has 0 aromatic carbocycles. The van der Waals surface area contributed by atoms with Gasteiger partial charge in [0.15, 0.2) is 0 Å². The Hall–Kier alpha value is 0.375. The molecule has 112 valence electrons. The SMILES string of the molecule is CCCC[PH](C)(CCCC)CCCC.OB(O)O. The van der Waals surface area contributed by atoms with E-state index in [0.717, 1.165) is 0 Å². The zero-order valence-electron chi connectivity index (χ0n) is 12.8. The molecule has 0 heterocycles. The van der Waals surface area contributed by atoms with E-state index in [4.69, 9.17) is 15.1 Å². The summed E-state index contributed by atoms with van der Waals surface area (Å²) in [7, 11) is -2.98. The first-order chi connectivity index (χ1) is 8.41. The number of hydrogen-bond acceptors (Lipinski definition) is 3.